The highest BCUT2D eigenvalue weighted by atomic mass is 35.5. The molecule has 3 heterocycles. The lowest BCUT2D eigenvalue weighted by Crippen LogP contribution is -2.42. The van der Waals surface area contributed by atoms with Crippen LogP contribution in [0.5, 0.6) is 0 Å². The summed E-state index contributed by atoms with van der Waals surface area (Å²) in [6.45, 7) is 11.1. The van der Waals surface area contributed by atoms with E-state index in [-0.39, 0.29) is 24.1 Å². The summed E-state index contributed by atoms with van der Waals surface area (Å²) in [4.78, 5) is 13.4. The second kappa shape index (κ2) is 8.57. The number of nitrogens with one attached hydrogen (secondary N) is 1. The highest BCUT2D eigenvalue weighted by molar-refractivity contribution is 6.33. The number of imidazole rings is 1. The standard InChI is InChI=1S/C23H29ClFN5O2/c1-12(2)30-17-9-13(8-15(25)20(17)28-21(30)23(3,4)5)19-14(24)10-26-22(29-19)27-16-6-7-32-11-18(16)31/h8-10,12,16,18,31H,6-7,11H2,1-5H3,(H,26,27,29)/t16-,18-/m1/s1. The smallest absolute Gasteiger partial charge is 0.223 e. The molecule has 0 radical (unpaired) electrons. The van der Waals surface area contributed by atoms with Gasteiger partial charge in [-0.05, 0) is 32.4 Å². The predicted octanol–water partition coefficient (Wildman–Crippen LogP) is 4.73. The number of aliphatic hydroxyl groups is 1. The minimum absolute atomic E-state index is 0.0944. The molecule has 2 N–H and O–H groups in total. The lowest BCUT2D eigenvalue weighted by atomic mass is 9.95. The minimum atomic E-state index is -0.656. The van der Waals surface area contributed by atoms with Crippen LogP contribution in [0.1, 0.15) is 52.9 Å². The molecular formula is C23H29ClFN5O2. The molecule has 1 aliphatic rings. The Kier molecular flexibility index (Phi) is 6.13. The van der Waals surface area contributed by atoms with Gasteiger partial charge in [0.1, 0.15) is 11.3 Å². The van der Waals surface area contributed by atoms with Gasteiger partial charge in [-0.25, -0.2) is 19.3 Å². The van der Waals surface area contributed by atoms with Crippen LogP contribution in [0, 0.1) is 5.82 Å². The van der Waals surface area contributed by atoms with E-state index in [0.717, 1.165) is 5.82 Å². The molecule has 1 fully saturated rings. The molecule has 0 bridgehead atoms. The topological polar surface area (TPSA) is 85.1 Å². The fraction of sp³-hybridized carbons (Fsp3) is 0.522. The van der Waals surface area contributed by atoms with E-state index in [1.54, 1.807) is 0 Å². The van der Waals surface area contributed by atoms with Gasteiger partial charge in [0.15, 0.2) is 5.82 Å². The number of anilines is 1. The molecule has 7 nitrogen and oxygen atoms in total. The van der Waals surface area contributed by atoms with Gasteiger partial charge < -0.3 is 19.7 Å². The summed E-state index contributed by atoms with van der Waals surface area (Å²) in [6.07, 6.45) is 1.46. The van der Waals surface area contributed by atoms with Crippen molar-refractivity contribution in [2.24, 2.45) is 0 Å². The zero-order valence-corrected chi connectivity index (χ0v) is 19.7. The number of hydrogen-bond acceptors (Lipinski definition) is 6. The van der Waals surface area contributed by atoms with Gasteiger partial charge >= 0.3 is 0 Å². The van der Waals surface area contributed by atoms with Crippen molar-refractivity contribution in [3.63, 3.8) is 0 Å². The summed E-state index contributed by atoms with van der Waals surface area (Å²) in [5, 5.41) is 13.6. The van der Waals surface area contributed by atoms with Crippen LogP contribution >= 0.6 is 11.6 Å². The molecule has 3 aromatic rings. The Hall–Kier alpha value is -2.29. The van der Waals surface area contributed by atoms with Gasteiger partial charge in [0.25, 0.3) is 0 Å². The Morgan fingerprint density at radius 1 is 1.28 bits per heavy atom. The fourth-order valence-corrected chi connectivity index (χ4v) is 4.24. The molecule has 2 atom stereocenters. The number of fused-ring (bicyclic) bond motifs is 1. The molecule has 1 saturated heterocycles. The molecule has 0 saturated carbocycles. The number of halogens is 2. The maximum absolute atomic E-state index is 15.2. The van der Waals surface area contributed by atoms with E-state index in [1.165, 1.54) is 12.3 Å². The summed E-state index contributed by atoms with van der Waals surface area (Å²) in [5.41, 5.74) is 1.75. The van der Waals surface area contributed by atoms with Crippen molar-refractivity contribution in [3.8, 4) is 11.3 Å². The van der Waals surface area contributed by atoms with Crippen LogP contribution in [0.25, 0.3) is 22.3 Å². The monoisotopic (exact) mass is 461 g/mol. The van der Waals surface area contributed by atoms with Gasteiger partial charge in [-0.1, -0.05) is 32.4 Å². The molecular weight excluding hydrogens is 433 g/mol. The molecule has 0 aliphatic carbocycles. The molecule has 4 rings (SSSR count). The van der Waals surface area contributed by atoms with Crippen LogP contribution in [-0.2, 0) is 10.2 Å². The predicted molar refractivity (Wildman–Crippen MR) is 124 cm³/mol. The molecule has 172 valence electrons. The fourth-order valence-electron chi connectivity index (χ4n) is 4.04. The molecule has 9 heteroatoms. The van der Waals surface area contributed by atoms with Gasteiger partial charge in [-0.15, -0.1) is 0 Å². The van der Waals surface area contributed by atoms with Gasteiger partial charge in [-0.2, -0.15) is 0 Å². The number of hydrogen-bond donors (Lipinski definition) is 2. The van der Waals surface area contributed by atoms with Gasteiger partial charge in [0.2, 0.25) is 5.95 Å². The first-order chi connectivity index (χ1) is 15.1. The Morgan fingerprint density at radius 3 is 2.69 bits per heavy atom. The number of aliphatic hydroxyl groups excluding tert-OH is 1. The number of aromatic nitrogens is 4. The van der Waals surface area contributed by atoms with Crippen molar-refractivity contribution in [1.29, 1.82) is 0 Å². The highest BCUT2D eigenvalue weighted by Crippen LogP contribution is 2.35. The highest BCUT2D eigenvalue weighted by Gasteiger charge is 2.27. The largest absolute Gasteiger partial charge is 0.389 e. The van der Waals surface area contributed by atoms with Crippen LogP contribution in [0.4, 0.5) is 10.3 Å². The first-order valence-corrected chi connectivity index (χ1v) is 11.2. The normalized spacial score (nSPS) is 19.7. The Bertz CT molecular complexity index is 1140. The maximum atomic E-state index is 15.2. The second-order valence-electron chi connectivity index (χ2n) is 9.55. The van der Waals surface area contributed by atoms with Crippen molar-refractivity contribution in [1.82, 2.24) is 19.5 Å². The summed E-state index contributed by atoms with van der Waals surface area (Å²) >= 11 is 6.42. The van der Waals surface area contributed by atoms with Gasteiger partial charge in [0, 0.05) is 23.6 Å². The van der Waals surface area contributed by atoms with Crippen LogP contribution in [-0.4, -0.2) is 50.0 Å². The van der Waals surface area contributed by atoms with Crippen LogP contribution in [0.3, 0.4) is 0 Å². The summed E-state index contributed by atoms with van der Waals surface area (Å²) < 4.78 is 22.5. The number of rotatable bonds is 4. The van der Waals surface area contributed by atoms with E-state index in [1.807, 2.05) is 6.07 Å². The maximum Gasteiger partial charge on any atom is 0.223 e. The van der Waals surface area contributed by atoms with E-state index in [4.69, 9.17) is 16.3 Å². The SMILES string of the molecule is CC(C)n1c(C(C)(C)C)nc2c(F)cc(-c3nc(N[C@@H]4CCOC[C@H]4O)ncc3Cl)cc21. The molecule has 0 amide bonds. The molecule has 2 aromatic heterocycles. The molecule has 0 unspecified atom stereocenters. The second-order valence-corrected chi connectivity index (χ2v) is 9.95. The zero-order valence-electron chi connectivity index (χ0n) is 19.0. The van der Waals surface area contributed by atoms with Crippen molar-refractivity contribution in [2.45, 2.75) is 64.6 Å². The first-order valence-electron chi connectivity index (χ1n) is 10.8. The van der Waals surface area contributed by atoms with E-state index in [2.05, 4.69) is 59.5 Å². The number of benzene rings is 1. The third-order valence-corrected chi connectivity index (χ3v) is 5.87. The zero-order chi connectivity index (χ0) is 23.2. The molecule has 0 spiro atoms. The lowest BCUT2D eigenvalue weighted by molar-refractivity contribution is -0.0136. The minimum Gasteiger partial charge on any atom is -0.389 e. The quantitative estimate of drug-likeness (QED) is 0.584. The Balaban J connectivity index is 1.80. The number of nitrogens with zero attached hydrogens (tertiary/aromatic N) is 4. The molecule has 1 aromatic carbocycles. The Labute approximate surface area is 192 Å². The van der Waals surface area contributed by atoms with Gasteiger partial charge in [0.05, 0.1) is 41.2 Å². The summed E-state index contributed by atoms with van der Waals surface area (Å²) in [6, 6.07) is 3.15. The number of ether oxygens (including phenoxy) is 1. The average molecular weight is 462 g/mol. The van der Waals surface area contributed by atoms with Crippen molar-refractivity contribution < 1.29 is 14.2 Å². The lowest BCUT2D eigenvalue weighted by Gasteiger charge is -2.28. The third kappa shape index (κ3) is 4.31. The first kappa shape index (κ1) is 22.9. The Morgan fingerprint density at radius 2 is 2.03 bits per heavy atom. The third-order valence-electron chi connectivity index (χ3n) is 5.59. The summed E-state index contributed by atoms with van der Waals surface area (Å²) in [7, 11) is 0. The van der Waals surface area contributed by atoms with Crippen molar-refractivity contribution in [3.05, 3.63) is 35.0 Å². The van der Waals surface area contributed by atoms with E-state index in [9.17, 15) is 5.11 Å². The van der Waals surface area contributed by atoms with Crippen LogP contribution in [0.2, 0.25) is 5.02 Å². The van der Waals surface area contributed by atoms with Crippen molar-refractivity contribution in [2.75, 3.05) is 18.5 Å². The van der Waals surface area contributed by atoms with E-state index < -0.39 is 11.9 Å². The van der Waals surface area contributed by atoms with E-state index >= 15 is 4.39 Å². The molecule has 1 aliphatic heterocycles. The average Bonchev–Trinajstić information content (AvgIpc) is 3.12. The van der Waals surface area contributed by atoms with Gasteiger partial charge in [-0.3, -0.25) is 0 Å². The van der Waals surface area contributed by atoms with Crippen LogP contribution in [0.15, 0.2) is 18.3 Å². The summed E-state index contributed by atoms with van der Waals surface area (Å²) in [5.74, 6) is 0.721. The van der Waals surface area contributed by atoms with Crippen molar-refractivity contribution >= 4 is 28.6 Å². The van der Waals surface area contributed by atoms with E-state index in [0.29, 0.717) is 46.3 Å². The van der Waals surface area contributed by atoms with Crippen LogP contribution < -0.4 is 5.32 Å². The molecule has 32 heavy (non-hydrogen) atoms.